The molecule has 1 unspecified atom stereocenters. The van der Waals surface area contributed by atoms with Crippen molar-refractivity contribution in [3.63, 3.8) is 0 Å². The topological polar surface area (TPSA) is 70.0 Å². The monoisotopic (exact) mass is 279 g/mol. The van der Waals surface area contributed by atoms with Gasteiger partial charge in [-0.1, -0.05) is 0 Å². The molecular formula is C15H21NO4. The molecular weight excluding hydrogens is 258 g/mol. The Balaban J connectivity index is 2.18. The lowest BCUT2D eigenvalue weighted by Crippen LogP contribution is -2.44. The van der Waals surface area contributed by atoms with Crippen molar-refractivity contribution in [2.45, 2.75) is 31.7 Å². The summed E-state index contributed by atoms with van der Waals surface area (Å²) >= 11 is 0. The Bertz CT molecular complexity index is 473. The third-order valence-corrected chi connectivity index (χ3v) is 3.78. The SMILES string of the molecule is COc1ccc(C(=O)N2CCCCC2CCO)cc1O. The number of ether oxygens (including phenoxy) is 1. The summed E-state index contributed by atoms with van der Waals surface area (Å²) in [6.45, 7) is 0.790. The predicted molar refractivity (Wildman–Crippen MR) is 75.0 cm³/mol. The number of methoxy groups -OCH3 is 1. The number of aliphatic hydroxyl groups is 1. The van der Waals surface area contributed by atoms with Gasteiger partial charge in [0, 0.05) is 24.8 Å². The van der Waals surface area contributed by atoms with Crippen LogP contribution in [0.1, 0.15) is 36.0 Å². The lowest BCUT2D eigenvalue weighted by molar-refractivity contribution is 0.0574. The number of aliphatic hydroxyl groups excluding tert-OH is 1. The maximum absolute atomic E-state index is 12.5. The van der Waals surface area contributed by atoms with E-state index in [1.54, 1.807) is 17.0 Å². The Labute approximate surface area is 118 Å². The average molecular weight is 279 g/mol. The van der Waals surface area contributed by atoms with Crippen LogP contribution in [0.15, 0.2) is 18.2 Å². The third-order valence-electron chi connectivity index (χ3n) is 3.78. The fourth-order valence-corrected chi connectivity index (χ4v) is 2.71. The second-order valence-electron chi connectivity index (χ2n) is 5.05. The summed E-state index contributed by atoms with van der Waals surface area (Å²) in [5, 5.41) is 18.9. The first-order valence-corrected chi connectivity index (χ1v) is 6.96. The second kappa shape index (κ2) is 6.61. The minimum atomic E-state index is -0.0962. The molecule has 1 amide bonds. The number of aromatic hydroxyl groups is 1. The molecule has 2 rings (SSSR count). The Hall–Kier alpha value is -1.75. The first-order valence-electron chi connectivity index (χ1n) is 6.96. The fourth-order valence-electron chi connectivity index (χ4n) is 2.71. The molecule has 110 valence electrons. The number of amides is 1. The Morgan fingerprint density at radius 3 is 2.90 bits per heavy atom. The van der Waals surface area contributed by atoms with Gasteiger partial charge >= 0.3 is 0 Å². The third kappa shape index (κ3) is 3.04. The molecule has 2 N–H and O–H groups in total. The highest BCUT2D eigenvalue weighted by molar-refractivity contribution is 5.95. The van der Waals surface area contributed by atoms with Gasteiger partial charge in [0.25, 0.3) is 5.91 Å². The number of benzene rings is 1. The van der Waals surface area contributed by atoms with E-state index in [1.165, 1.54) is 13.2 Å². The molecule has 1 aromatic carbocycles. The molecule has 1 aliphatic heterocycles. The van der Waals surface area contributed by atoms with Crippen LogP contribution in [0.4, 0.5) is 0 Å². The van der Waals surface area contributed by atoms with Crippen LogP contribution in [0.5, 0.6) is 11.5 Å². The number of hydrogen-bond donors (Lipinski definition) is 2. The van der Waals surface area contributed by atoms with Crippen molar-refractivity contribution in [2.24, 2.45) is 0 Å². The second-order valence-corrected chi connectivity index (χ2v) is 5.05. The van der Waals surface area contributed by atoms with Crippen molar-refractivity contribution < 1.29 is 19.7 Å². The normalized spacial score (nSPS) is 18.9. The zero-order valence-electron chi connectivity index (χ0n) is 11.7. The Kier molecular flexibility index (Phi) is 4.84. The summed E-state index contributed by atoms with van der Waals surface area (Å²) in [5.74, 6) is 0.224. The van der Waals surface area contributed by atoms with Crippen LogP contribution in [0.2, 0.25) is 0 Å². The first kappa shape index (κ1) is 14.7. The molecule has 0 saturated carbocycles. The first-order chi connectivity index (χ1) is 9.67. The van der Waals surface area contributed by atoms with Gasteiger partial charge in [0.05, 0.1) is 7.11 Å². The number of carbonyl (C=O) groups excluding carboxylic acids is 1. The predicted octanol–water partition coefficient (Wildman–Crippen LogP) is 1.78. The molecule has 1 aliphatic rings. The number of nitrogens with zero attached hydrogens (tertiary/aromatic N) is 1. The highest BCUT2D eigenvalue weighted by atomic mass is 16.5. The summed E-state index contributed by atoms with van der Waals surface area (Å²) in [6.07, 6.45) is 3.60. The van der Waals surface area contributed by atoms with E-state index in [0.29, 0.717) is 24.3 Å². The van der Waals surface area contributed by atoms with Gasteiger partial charge in [0.15, 0.2) is 11.5 Å². The van der Waals surface area contributed by atoms with E-state index in [2.05, 4.69) is 0 Å². The van der Waals surface area contributed by atoms with E-state index in [-0.39, 0.29) is 24.3 Å². The van der Waals surface area contributed by atoms with Gasteiger partial charge in [-0.05, 0) is 43.9 Å². The number of phenolic OH excluding ortho intramolecular Hbond substituents is 1. The molecule has 0 aliphatic carbocycles. The molecule has 1 aromatic rings. The molecule has 5 nitrogen and oxygen atoms in total. The molecule has 1 atom stereocenters. The largest absolute Gasteiger partial charge is 0.504 e. The molecule has 0 radical (unpaired) electrons. The van der Waals surface area contributed by atoms with Gasteiger partial charge in [0.2, 0.25) is 0 Å². The molecule has 20 heavy (non-hydrogen) atoms. The zero-order chi connectivity index (χ0) is 14.5. The van der Waals surface area contributed by atoms with Crippen molar-refractivity contribution in [1.29, 1.82) is 0 Å². The van der Waals surface area contributed by atoms with Crippen LogP contribution in [-0.2, 0) is 0 Å². The minimum absolute atomic E-state index is 0.0333. The van der Waals surface area contributed by atoms with Gasteiger partial charge in [-0.3, -0.25) is 4.79 Å². The number of likely N-dealkylation sites (tertiary alicyclic amines) is 1. The van der Waals surface area contributed by atoms with E-state index < -0.39 is 0 Å². The highest BCUT2D eigenvalue weighted by Gasteiger charge is 2.27. The highest BCUT2D eigenvalue weighted by Crippen LogP contribution is 2.28. The molecule has 5 heteroatoms. The maximum atomic E-state index is 12.5. The number of phenols is 1. The minimum Gasteiger partial charge on any atom is -0.504 e. The molecule has 0 aromatic heterocycles. The van der Waals surface area contributed by atoms with E-state index in [9.17, 15) is 9.90 Å². The zero-order valence-corrected chi connectivity index (χ0v) is 11.7. The van der Waals surface area contributed by atoms with Crippen molar-refractivity contribution in [3.8, 4) is 11.5 Å². The van der Waals surface area contributed by atoms with Crippen molar-refractivity contribution in [2.75, 3.05) is 20.3 Å². The smallest absolute Gasteiger partial charge is 0.254 e. The summed E-state index contributed by atoms with van der Waals surface area (Å²) in [4.78, 5) is 14.3. The van der Waals surface area contributed by atoms with Gasteiger partial charge in [0.1, 0.15) is 0 Å². The lowest BCUT2D eigenvalue weighted by atomic mass is 9.98. The molecule has 1 heterocycles. The van der Waals surface area contributed by atoms with Crippen molar-refractivity contribution >= 4 is 5.91 Å². The molecule has 0 spiro atoms. The van der Waals surface area contributed by atoms with Crippen molar-refractivity contribution in [1.82, 2.24) is 4.90 Å². The van der Waals surface area contributed by atoms with Crippen LogP contribution in [-0.4, -0.2) is 47.3 Å². The van der Waals surface area contributed by atoms with Gasteiger partial charge in [-0.2, -0.15) is 0 Å². The van der Waals surface area contributed by atoms with Crippen LogP contribution in [0.25, 0.3) is 0 Å². The maximum Gasteiger partial charge on any atom is 0.254 e. The summed E-state index contributed by atoms with van der Waals surface area (Å²) < 4.78 is 4.98. The Morgan fingerprint density at radius 1 is 1.45 bits per heavy atom. The van der Waals surface area contributed by atoms with E-state index in [4.69, 9.17) is 9.84 Å². The van der Waals surface area contributed by atoms with E-state index in [1.807, 2.05) is 0 Å². The molecule has 1 saturated heterocycles. The number of rotatable bonds is 4. The van der Waals surface area contributed by atoms with Gasteiger partial charge < -0.3 is 19.8 Å². The van der Waals surface area contributed by atoms with E-state index in [0.717, 1.165) is 19.3 Å². The molecule has 1 fully saturated rings. The summed E-state index contributed by atoms with van der Waals surface area (Å²) in [6, 6.07) is 4.77. The van der Waals surface area contributed by atoms with Crippen molar-refractivity contribution in [3.05, 3.63) is 23.8 Å². The standard InChI is InChI=1S/C15H21NO4/c1-20-14-6-5-11(10-13(14)18)15(19)16-8-3-2-4-12(16)7-9-17/h5-6,10,12,17-18H,2-4,7-9H2,1H3. The fraction of sp³-hybridized carbons (Fsp3) is 0.533. The van der Waals surface area contributed by atoms with Crippen LogP contribution < -0.4 is 4.74 Å². The molecule has 0 bridgehead atoms. The number of hydrogen-bond acceptors (Lipinski definition) is 4. The van der Waals surface area contributed by atoms with Crippen LogP contribution >= 0.6 is 0 Å². The van der Waals surface area contributed by atoms with Gasteiger partial charge in [-0.25, -0.2) is 0 Å². The van der Waals surface area contributed by atoms with E-state index >= 15 is 0 Å². The quantitative estimate of drug-likeness (QED) is 0.881. The van der Waals surface area contributed by atoms with Crippen LogP contribution in [0, 0.1) is 0 Å². The summed E-state index contributed by atoms with van der Waals surface area (Å²) in [7, 11) is 1.47. The lowest BCUT2D eigenvalue weighted by Gasteiger charge is -2.35. The summed E-state index contributed by atoms with van der Waals surface area (Å²) in [5.41, 5.74) is 0.452. The number of piperidine rings is 1. The van der Waals surface area contributed by atoms with Crippen LogP contribution in [0.3, 0.4) is 0 Å². The van der Waals surface area contributed by atoms with Gasteiger partial charge in [-0.15, -0.1) is 0 Å². The number of carbonyl (C=O) groups is 1. The Morgan fingerprint density at radius 2 is 2.25 bits per heavy atom. The average Bonchev–Trinajstić information content (AvgIpc) is 2.47.